The summed E-state index contributed by atoms with van der Waals surface area (Å²) < 4.78 is 0. The van der Waals surface area contributed by atoms with Crippen LogP contribution in [0.3, 0.4) is 0 Å². The van der Waals surface area contributed by atoms with E-state index in [0.717, 1.165) is 29.8 Å². The maximum absolute atomic E-state index is 12.2. The van der Waals surface area contributed by atoms with Gasteiger partial charge in [-0.25, -0.2) is 0 Å². The SMILES string of the molecule is CC(C)/C=C/C(=O)N1CCC(CO)(Cc2ccccc2Cl)CC1. The van der Waals surface area contributed by atoms with Gasteiger partial charge in [0.05, 0.1) is 0 Å². The molecule has 3 nitrogen and oxygen atoms in total. The summed E-state index contributed by atoms with van der Waals surface area (Å²) in [7, 11) is 0. The van der Waals surface area contributed by atoms with Gasteiger partial charge < -0.3 is 10.0 Å². The topological polar surface area (TPSA) is 40.5 Å². The van der Waals surface area contributed by atoms with Crippen LogP contribution in [0.4, 0.5) is 0 Å². The Morgan fingerprint density at radius 2 is 2.00 bits per heavy atom. The van der Waals surface area contributed by atoms with Gasteiger partial charge in [0.25, 0.3) is 0 Å². The van der Waals surface area contributed by atoms with E-state index < -0.39 is 0 Å². The van der Waals surface area contributed by atoms with E-state index in [-0.39, 0.29) is 17.9 Å². The number of carbonyl (C=O) groups excluding carboxylic acids is 1. The van der Waals surface area contributed by atoms with Crippen LogP contribution in [0.5, 0.6) is 0 Å². The number of aliphatic hydroxyl groups is 1. The second-order valence-corrected chi connectivity index (χ2v) is 7.26. The number of benzene rings is 1. The van der Waals surface area contributed by atoms with Crippen molar-refractivity contribution in [2.75, 3.05) is 19.7 Å². The first-order chi connectivity index (χ1) is 11.0. The zero-order valence-corrected chi connectivity index (χ0v) is 14.7. The maximum Gasteiger partial charge on any atom is 0.246 e. The number of hydrogen-bond donors (Lipinski definition) is 1. The molecule has 4 heteroatoms. The molecule has 1 aromatic carbocycles. The van der Waals surface area contributed by atoms with E-state index in [2.05, 4.69) is 13.8 Å². The summed E-state index contributed by atoms with van der Waals surface area (Å²) in [6.07, 6.45) is 5.96. The van der Waals surface area contributed by atoms with Crippen LogP contribution in [0.2, 0.25) is 5.02 Å². The number of allylic oxidation sites excluding steroid dienone is 1. The molecule has 0 aliphatic carbocycles. The summed E-state index contributed by atoms with van der Waals surface area (Å²) >= 11 is 6.26. The molecule has 0 atom stereocenters. The Bertz CT molecular complexity index is 560. The summed E-state index contributed by atoms with van der Waals surface area (Å²) in [6, 6.07) is 7.79. The third-order valence-corrected chi connectivity index (χ3v) is 4.99. The molecule has 1 amide bonds. The number of rotatable bonds is 5. The van der Waals surface area contributed by atoms with E-state index in [1.807, 2.05) is 35.2 Å². The van der Waals surface area contributed by atoms with Crippen molar-refractivity contribution in [1.29, 1.82) is 0 Å². The molecule has 0 unspecified atom stereocenters. The summed E-state index contributed by atoms with van der Waals surface area (Å²) in [5.41, 5.74) is 0.895. The molecule has 0 aromatic heterocycles. The second-order valence-electron chi connectivity index (χ2n) is 6.85. The van der Waals surface area contributed by atoms with Crippen molar-refractivity contribution in [1.82, 2.24) is 4.90 Å². The van der Waals surface area contributed by atoms with E-state index in [4.69, 9.17) is 11.6 Å². The standard InChI is InChI=1S/C19H26ClNO2/c1-15(2)7-8-18(23)21-11-9-19(14-22,10-12-21)13-16-5-3-4-6-17(16)20/h3-8,15,22H,9-14H2,1-2H3/b8-7+. The van der Waals surface area contributed by atoms with Crippen LogP contribution >= 0.6 is 11.6 Å². The first-order valence-corrected chi connectivity index (χ1v) is 8.65. The highest BCUT2D eigenvalue weighted by atomic mass is 35.5. The first kappa shape index (κ1) is 18.0. The highest BCUT2D eigenvalue weighted by molar-refractivity contribution is 6.31. The van der Waals surface area contributed by atoms with E-state index in [1.54, 1.807) is 6.08 Å². The summed E-state index contributed by atoms with van der Waals surface area (Å²) in [5.74, 6) is 0.448. The lowest BCUT2D eigenvalue weighted by molar-refractivity contribution is -0.128. The molecule has 0 radical (unpaired) electrons. The van der Waals surface area contributed by atoms with Crippen molar-refractivity contribution in [2.45, 2.75) is 33.1 Å². The number of carbonyl (C=O) groups is 1. The zero-order chi connectivity index (χ0) is 16.9. The predicted molar refractivity (Wildman–Crippen MR) is 94.5 cm³/mol. The molecule has 1 aromatic rings. The van der Waals surface area contributed by atoms with Crippen LogP contribution in [0.25, 0.3) is 0 Å². The summed E-state index contributed by atoms with van der Waals surface area (Å²) in [4.78, 5) is 14.0. The fraction of sp³-hybridized carbons (Fsp3) is 0.526. The lowest BCUT2D eigenvalue weighted by Gasteiger charge is -2.40. The van der Waals surface area contributed by atoms with Gasteiger partial charge in [-0.2, -0.15) is 0 Å². The number of nitrogens with zero attached hydrogens (tertiary/aromatic N) is 1. The Kier molecular flexibility index (Phi) is 6.25. The Morgan fingerprint density at radius 1 is 1.35 bits per heavy atom. The average Bonchev–Trinajstić information content (AvgIpc) is 2.55. The Labute approximate surface area is 143 Å². The highest BCUT2D eigenvalue weighted by Crippen LogP contribution is 2.36. The maximum atomic E-state index is 12.2. The van der Waals surface area contributed by atoms with Crippen molar-refractivity contribution in [3.05, 3.63) is 47.0 Å². The van der Waals surface area contributed by atoms with Gasteiger partial charge in [0.2, 0.25) is 5.91 Å². The minimum atomic E-state index is -0.177. The van der Waals surface area contributed by atoms with Gasteiger partial charge in [-0.1, -0.05) is 49.7 Å². The Balaban J connectivity index is 2.00. The smallest absolute Gasteiger partial charge is 0.246 e. The summed E-state index contributed by atoms with van der Waals surface area (Å²) in [6.45, 7) is 5.61. The largest absolute Gasteiger partial charge is 0.396 e. The van der Waals surface area contributed by atoms with Crippen molar-refractivity contribution in [3.63, 3.8) is 0 Å². The molecule has 1 fully saturated rings. The molecule has 23 heavy (non-hydrogen) atoms. The van der Waals surface area contributed by atoms with Crippen LogP contribution < -0.4 is 0 Å². The normalized spacial score (nSPS) is 17.9. The Morgan fingerprint density at radius 3 is 2.57 bits per heavy atom. The van der Waals surface area contributed by atoms with Gasteiger partial charge in [-0.05, 0) is 42.9 Å². The fourth-order valence-electron chi connectivity index (χ4n) is 3.02. The molecule has 1 aliphatic rings. The van der Waals surface area contributed by atoms with Crippen molar-refractivity contribution >= 4 is 17.5 Å². The quantitative estimate of drug-likeness (QED) is 0.833. The third kappa shape index (κ3) is 4.82. The van der Waals surface area contributed by atoms with Crippen LogP contribution in [0, 0.1) is 11.3 Å². The van der Waals surface area contributed by atoms with Crippen LogP contribution in [-0.4, -0.2) is 35.6 Å². The number of piperidine rings is 1. The minimum Gasteiger partial charge on any atom is -0.396 e. The van der Waals surface area contributed by atoms with Crippen LogP contribution in [0.1, 0.15) is 32.3 Å². The second kappa shape index (κ2) is 7.98. The van der Waals surface area contributed by atoms with Gasteiger partial charge >= 0.3 is 0 Å². The minimum absolute atomic E-state index is 0.0722. The number of amides is 1. The number of halogens is 1. The molecule has 126 valence electrons. The molecule has 0 bridgehead atoms. The van der Waals surface area contributed by atoms with Gasteiger partial charge in [0.1, 0.15) is 0 Å². The Hall–Kier alpha value is -1.32. The monoisotopic (exact) mass is 335 g/mol. The van der Waals surface area contributed by atoms with Gasteiger partial charge in [0, 0.05) is 30.1 Å². The third-order valence-electron chi connectivity index (χ3n) is 4.62. The van der Waals surface area contributed by atoms with Crippen LogP contribution in [-0.2, 0) is 11.2 Å². The number of hydrogen-bond acceptors (Lipinski definition) is 2. The first-order valence-electron chi connectivity index (χ1n) is 8.27. The zero-order valence-electron chi connectivity index (χ0n) is 14.0. The van der Waals surface area contributed by atoms with Crippen molar-refractivity contribution in [2.24, 2.45) is 11.3 Å². The van der Waals surface area contributed by atoms with Gasteiger partial charge in [-0.15, -0.1) is 0 Å². The molecule has 1 aliphatic heterocycles. The van der Waals surface area contributed by atoms with E-state index >= 15 is 0 Å². The molecule has 0 spiro atoms. The molecule has 1 N–H and O–H groups in total. The predicted octanol–water partition coefficient (Wildman–Crippen LogP) is 3.70. The van der Waals surface area contributed by atoms with E-state index in [0.29, 0.717) is 19.0 Å². The fourth-order valence-corrected chi connectivity index (χ4v) is 3.22. The van der Waals surface area contributed by atoms with E-state index in [1.165, 1.54) is 0 Å². The highest BCUT2D eigenvalue weighted by Gasteiger charge is 2.35. The van der Waals surface area contributed by atoms with E-state index in [9.17, 15) is 9.90 Å². The molecule has 0 saturated carbocycles. The number of aliphatic hydroxyl groups excluding tert-OH is 1. The van der Waals surface area contributed by atoms with Gasteiger partial charge in [-0.3, -0.25) is 4.79 Å². The van der Waals surface area contributed by atoms with Crippen molar-refractivity contribution in [3.8, 4) is 0 Å². The van der Waals surface area contributed by atoms with Crippen molar-refractivity contribution < 1.29 is 9.90 Å². The summed E-state index contributed by atoms with van der Waals surface area (Å²) in [5, 5.41) is 10.7. The average molecular weight is 336 g/mol. The lowest BCUT2D eigenvalue weighted by Crippen LogP contribution is -2.45. The molecular weight excluding hydrogens is 310 g/mol. The van der Waals surface area contributed by atoms with Crippen LogP contribution in [0.15, 0.2) is 36.4 Å². The molecule has 2 rings (SSSR count). The lowest BCUT2D eigenvalue weighted by atomic mass is 9.74. The number of likely N-dealkylation sites (tertiary alicyclic amines) is 1. The van der Waals surface area contributed by atoms with Gasteiger partial charge in [0.15, 0.2) is 0 Å². The molecular formula is C19H26ClNO2. The molecule has 1 saturated heterocycles. The molecule has 1 heterocycles.